The van der Waals surface area contributed by atoms with Gasteiger partial charge in [0.15, 0.2) is 5.65 Å². The molecule has 1 N–H and O–H groups in total. The third-order valence-corrected chi connectivity index (χ3v) is 6.34. The smallest absolute Gasteiger partial charge is 0.272 e. The molecule has 210 valence electrons. The van der Waals surface area contributed by atoms with E-state index in [2.05, 4.69) is 56.6 Å². The number of carbonyl (C=O) groups excluding carboxylic acids is 1. The molecule has 3 rings (SSSR count). The Morgan fingerprint density at radius 3 is 2.18 bits per heavy atom. The summed E-state index contributed by atoms with van der Waals surface area (Å²) in [5, 5.41) is 3.46. The number of pyridine rings is 1. The van der Waals surface area contributed by atoms with Gasteiger partial charge in [0.05, 0.1) is 7.11 Å². The number of fused-ring (bicyclic) bond motifs is 1. The van der Waals surface area contributed by atoms with Crippen LogP contribution in [0.1, 0.15) is 71.3 Å². The lowest BCUT2D eigenvalue weighted by Crippen LogP contribution is -2.34. The molecule has 0 saturated heterocycles. The molecule has 0 aliphatic carbocycles. The standard InChI is InChI=1S/C29H44N6O2.CH4/c1-8-10-18-34(19-11-9-2)27(36)25-17-16-24-26(31-25)35(21-29(3,4)20-33(5)6)28(32-24)30-22-12-14-23(37-7)15-13-22;/h12-17H,8-11,18-21H2,1-7H3,(H,30,32);1H4. The maximum absolute atomic E-state index is 13.5. The quantitative estimate of drug-likeness (QED) is 0.261. The fourth-order valence-electron chi connectivity index (χ4n) is 4.68. The van der Waals surface area contributed by atoms with Gasteiger partial charge in [0.1, 0.15) is 17.0 Å². The van der Waals surface area contributed by atoms with Gasteiger partial charge in [0.25, 0.3) is 5.91 Å². The molecule has 0 aliphatic heterocycles. The van der Waals surface area contributed by atoms with E-state index < -0.39 is 0 Å². The van der Waals surface area contributed by atoms with Gasteiger partial charge in [-0.05, 0) is 68.8 Å². The predicted molar refractivity (Wildman–Crippen MR) is 159 cm³/mol. The van der Waals surface area contributed by atoms with Gasteiger partial charge in [-0.2, -0.15) is 0 Å². The Hall–Kier alpha value is -3.13. The van der Waals surface area contributed by atoms with Crippen LogP contribution in [0.25, 0.3) is 11.2 Å². The molecule has 8 heteroatoms. The molecule has 0 unspecified atom stereocenters. The fourth-order valence-corrected chi connectivity index (χ4v) is 4.68. The first-order chi connectivity index (χ1) is 17.7. The van der Waals surface area contributed by atoms with Gasteiger partial charge in [-0.1, -0.05) is 48.0 Å². The topological polar surface area (TPSA) is 75.5 Å². The van der Waals surface area contributed by atoms with Crippen LogP contribution in [-0.2, 0) is 6.54 Å². The molecule has 38 heavy (non-hydrogen) atoms. The van der Waals surface area contributed by atoms with Crippen molar-refractivity contribution in [2.24, 2.45) is 5.41 Å². The van der Waals surface area contributed by atoms with E-state index in [0.29, 0.717) is 18.2 Å². The Bertz CT molecular complexity index is 1150. The number of imidazole rings is 1. The van der Waals surface area contributed by atoms with E-state index in [0.717, 1.165) is 67.9 Å². The number of methoxy groups -OCH3 is 1. The number of amides is 1. The molecular formula is C30H48N6O2. The second kappa shape index (κ2) is 14.1. The summed E-state index contributed by atoms with van der Waals surface area (Å²) in [7, 11) is 5.83. The van der Waals surface area contributed by atoms with E-state index >= 15 is 0 Å². The summed E-state index contributed by atoms with van der Waals surface area (Å²) < 4.78 is 7.41. The van der Waals surface area contributed by atoms with Crippen LogP contribution in [0.5, 0.6) is 5.75 Å². The van der Waals surface area contributed by atoms with E-state index in [1.54, 1.807) is 7.11 Å². The van der Waals surface area contributed by atoms with E-state index in [1.165, 1.54) is 0 Å². The highest BCUT2D eigenvalue weighted by Crippen LogP contribution is 2.28. The molecule has 0 radical (unpaired) electrons. The summed E-state index contributed by atoms with van der Waals surface area (Å²) in [5.41, 5.74) is 2.82. The van der Waals surface area contributed by atoms with E-state index in [-0.39, 0.29) is 18.7 Å². The first-order valence-electron chi connectivity index (χ1n) is 13.4. The number of nitrogens with one attached hydrogen (secondary N) is 1. The van der Waals surface area contributed by atoms with E-state index in [1.807, 2.05) is 41.3 Å². The Morgan fingerprint density at radius 1 is 1.00 bits per heavy atom. The van der Waals surface area contributed by atoms with Crippen molar-refractivity contribution in [1.29, 1.82) is 0 Å². The molecule has 8 nitrogen and oxygen atoms in total. The van der Waals surface area contributed by atoms with Crippen molar-refractivity contribution in [2.45, 2.75) is 67.3 Å². The zero-order valence-corrected chi connectivity index (χ0v) is 23.7. The highest BCUT2D eigenvalue weighted by molar-refractivity contribution is 5.94. The molecule has 0 aliphatic rings. The van der Waals surface area contributed by atoms with Crippen LogP contribution in [0.15, 0.2) is 36.4 Å². The number of nitrogens with zero attached hydrogens (tertiary/aromatic N) is 5. The van der Waals surface area contributed by atoms with Crippen molar-refractivity contribution in [2.75, 3.05) is 46.2 Å². The van der Waals surface area contributed by atoms with Gasteiger partial charge < -0.3 is 19.9 Å². The number of hydrogen-bond donors (Lipinski definition) is 1. The van der Waals surface area contributed by atoms with Crippen LogP contribution in [0.3, 0.4) is 0 Å². The summed E-state index contributed by atoms with van der Waals surface area (Å²) in [4.78, 5) is 27.4. The highest BCUT2D eigenvalue weighted by Gasteiger charge is 2.25. The van der Waals surface area contributed by atoms with Crippen LogP contribution >= 0.6 is 0 Å². The normalized spacial score (nSPS) is 11.5. The maximum atomic E-state index is 13.5. The van der Waals surface area contributed by atoms with Gasteiger partial charge in [-0.25, -0.2) is 9.97 Å². The minimum Gasteiger partial charge on any atom is -0.497 e. The van der Waals surface area contributed by atoms with Gasteiger partial charge in [0, 0.05) is 31.9 Å². The Balaban J connectivity index is 0.00000507. The van der Waals surface area contributed by atoms with Crippen LogP contribution in [-0.4, -0.2) is 71.1 Å². The molecule has 1 amide bonds. The van der Waals surface area contributed by atoms with Gasteiger partial charge in [0.2, 0.25) is 5.95 Å². The van der Waals surface area contributed by atoms with Gasteiger partial charge in [-0.15, -0.1) is 0 Å². The number of benzene rings is 1. The number of rotatable bonds is 14. The summed E-state index contributed by atoms with van der Waals surface area (Å²) >= 11 is 0. The summed E-state index contributed by atoms with van der Waals surface area (Å²) in [6.45, 7) is 11.9. The monoisotopic (exact) mass is 524 g/mol. The predicted octanol–water partition coefficient (Wildman–Crippen LogP) is 6.45. The minimum absolute atomic E-state index is 0. The lowest BCUT2D eigenvalue weighted by atomic mass is 9.93. The Labute approximate surface area is 229 Å². The van der Waals surface area contributed by atoms with Gasteiger partial charge >= 0.3 is 0 Å². The van der Waals surface area contributed by atoms with E-state index in [4.69, 9.17) is 14.7 Å². The van der Waals surface area contributed by atoms with Crippen LogP contribution in [0.2, 0.25) is 0 Å². The Kier molecular flexibility index (Phi) is 11.6. The number of unbranched alkanes of at least 4 members (excludes halogenated alkanes) is 2. The zero-order chi connectivity index (χ0) is 27.0. The van der Waals surface area contributed by atoms with Crippen molar-refractivity contribution in [3.63, 3.8) is 0 Å². The largest absolute Gasteiger partial charge is 0.497 e. The van der Waals surface area contributed by atoms with Crippen LogP contribution in [0.4, 0.5) is 11.6 Å². The van der Waals surface area contributed by atoms with Crippen molar-refractivity contribution in [1.82, 2.24) is 24.3 Å². The lowest BCUT2D eigenvalue weighted by molar-refractivity contribution is 0.0745. The number of aromatic nitrogens is 3. The van der Waals surface area contributed by atoms with Crippen LogP contribution < -0.4 is 10.1 Å². The fraction of sp³-hybridized carbons (Fsp3) is 0.567. The molecule has 0 fully saturated rings. The Morgan fingerprint density at radius 2 is 1.63 bits per heavy atom. The first-order valence-corrected chi connectivity index (χ1v) is 13.4. The number of ether oxygens (including phenoxy) is 1. The number of anilines is 2. The molecule has 0 saturated carbocycles. The van der Waals surface area contributed by atoms with Crippen LogP contribution in [0, 0.1) is 5.41 Å². The highest BCUT2D eigenvalue weighted by atomic mass is 16.5. The summed E-state index contributed by atoms with van der Waals surface area (Å²) in [5.74, 6) is 1.50. The lowest BCUT2D eigenvalue weighted by Gasteiger charge is -2.29. The molecule has 2 heterocycles. The zero-order valence-electron chi connectivity index (χ0n) is 23.7. The summed E-state index contributed by atoms with van der Waals surface area (Å²) in [6.07, 6.45) is 4.08. The second-order valence-corrected chi connectivity index (χ2v) is 10.8. The molecule has 0 spiro atoms. The molecule has 0 bridgehead atoms. The third-order valence-electron chi connectivity index (χ3n) is 6.34. The van der Waals surface area contributed by atoms with Gasteiger partial charge in [-0.3, -0.25) is 9.36 Å². The minimum atomic E-state index is -0.0521. The molecule has 1 aromatic carbocycles. The molecule has 0 atom stereocenters. The van der Waals surface area contributed by atoms with Crippen molar-refractivity contribution in [3.05, 3.63) is 42.1 Å². The summed E-state index contributed by atoms with van der Waals surface area (Å²) in [6, 6.07) is 11.5. The second-order valence-electron chi connectivity index (χ2n) is 10.8. The van der Waals surface area contributed by atoms with Crippen molar-refractivity contribution >= 4 is 28.7 Å². The number of hydrogen-bond acceptors (Lipinski definition) is 6. The molecule has 3 aromatic rings. The first kappa shape index (κ1) is 31.1. The maximum Gasteiger partial charge on any atom is 0.272 e. The van der Waals surface area contributed by atoms with Crippen molar-refractivity contribution < 1.29 is 9.53 Å². The number of carbonyl (C=O) groups is 1. The average molecular weight is 525 g/mol. The van der Waals surface area contributed by atoms with Crippen molar-refractivity contribution in [3.8, 4) is 5.75 Å². The van der Waals surface area contributed by atoms with E-state index in [9.17, 15) is 4.79 Å². The SMILES string of the molecule is C.CCCCN(CCCC)C(=O)c1ccc2nc(Nc3ccc(OC)cc3)n(CC(C)(C)CN(C)C)c2n1. The third kappa shape index (κ3) is 8.18. The average Bonchev–Trinajstić information content (AvgIpc) is 3.18. The molecular weight excluding hydrogens is 476 g/mol. The molecule has 2 aromatic heterocycles.